The molecule has 2 aromatic carbocycles. The van der Waals surface area contributed by atoms with Gasteiger partial charge in [-0.25, -0.2) is 18.3 Å². The number of ketones is 1. The maximum Gasteiger partial charge on any atom is 0.299 e. The van der Waals surface area contributed by atoms with Crippen LogP contribution in [0.3, 0.4) is 0 Å². The number of amides is 3. The predicted octanol–water partition coefficient (Wildman–Crippen LogP) is 6.27. The van der Waals surface area contributed by atoms with E-state index in [4.69, 9.17) is 9.47 Å². The molecule has 2 fully saturated rings. The minimum Gasteiger partial charge on any atom is -0.457 e. The predicted molar refractivity (Wildman–Crippen MR) is 217 cm³/mol. The summed E-state index contributed by atoms with van der Waals surface area (Å²) < 4.78 is 42.9. The molecule has 1 aliphatic carbocycles. The van der Waals surface area contributed by atoms with Gasteiger partial charge in [0.1, 0.15) is 22.9 Å². The summed E-state index contributed by atoms with van der Waals surface area (Å²) in [6.45, 7) is 4.47. The standard InChI is InChI=1S/C43H47F2N9O6/c1-51(18-4-2-3-6-27-11-15-30(16-12-27)60-34-8-5-7-31-36(34)42(57)49-43(58)38(31)55)25-28-9-13-29(14-10-28)54-26-33(37(50-54)39(44)45)47-41(56)32-24-46-53-19-17-35(48-40(32)53)52-20-22-59-23-21-52/h5,7-8,11-12,15-17,19,24,26,28-29,39H,2-4,6,9-10,13-14,18,20-23,25H2,1H3,(H,47,56)(H,49,57,58)/t28-,29-. The number of Topliss-reactive ketones (excluding diaryl/α,β-unsaturated/α-hetero) is 1. The van der Waals surface area contributed by atoms with Crippen molar-refractivity contribution < 1.29 is 37.4 Å². The largest absolute Gasteiger partial charge is 0.457 e. The topological polar surface area (TPSA) is 165 Å². The van der Waals surface area contributed by atoms with Crippen molar-refractivity contribution in [2.24, 2.45) is 5.92 Å². The fourth-order valence-electron chi connectivity index (χ4n) is 8.27. The third-order valence-corrected chi connectivity index (χ3v) is 11.5. The molecule has 0 radical (unpaired) electrons. The lowest BCUT2D eigenvalue weighted by Crippen LogP contribution is -2.42. The van der Waals surface area contributed by atoms with Gasteiger partial charge in [-0.3, -0.25) is 29.2 Å². The van der Waals surface area contributed by atoms with E-state index in [0.29, 0.717) is 49.4 Å². The molecule has 1 saturated carbocycles. The van der Waals surface area contributed by atoms with Gasteiger partial charge in [0.25, 0.3) is 29.9 Å². The number of unbranched alkanes of at least 4 members (excludes halogenated alkanes) is 2. The maximum absolute atomic E-state index is 14.2. The molecular weight excluding hydrogens is 777 g/mol. The highest BCUT2D eigenvalue weighted by atomic mass is 19.3. The van der Waals surface area contributed by atoms with Gasteiger partial charge in [-0.2, -0.15) is 10.2 Å². The average Bonchev–Trinajstić information content (AvgIpc) is 3.88. The number of hydrogen-bond acceptors (Lipinski definition) is 11. The molecule has 60 heavy (non-hydrogen) atoms. The van der Waals surface area contributed by atoms with Crippen LogP contribution in [0.25, 0.3) is 5.65 Å². The van der Waals surface area contributed by atoms with E-state index >= 15 is 0 Å². The van der Waals surface area contributed by atoms with Crippen LogP contribution < -0.4 is 20.3 Å². The van der Waals surface area contributed by atoms with Crippen molar-refractivity contribution in [2.45, 2.75) is 63.8 Å². The molecule has 314 valence electrons. The minimum atomic E-state index is -2.86. The molecule has 8 rings (SSSR count). The Hall–Kier alpha value is -6.07. The van der Waals surface area contributed by atoms with Gasteiger partial charge in [-0.05, 0) is 100 Å². The number of halogens is 2. The van der Waals surface area contributed by atoms with Crippen LogP contribution in [0.5, 0.6) is 11.5 Å². The zero-order chi connectivity index (χ0) is 41.8. The number of aryl methyl sites for hydroxylation is 1. The van der Waals surface area contributed by atoms with Crippen LogP contribution in [0.4, 0.5) is 20.3 Å². The first kappa shape index (κ1) is 40.7. The summed E-state index contributed by atoms with van der Waals surface area (Å²) in [6, 6.07) is 14.0. The lowest BCUT2D eigenvalue weighted by molar-refractivity contribution is -0.116. The van der Waals surface area contributed by atoms with Crippen LogP contribution in [0.1, 0.15) is 99.7 Å². The number of imide groups is 1. The number of aromatic nitrogens is 5. The summed E-state index contributed by atoms with van der Waals surface area (Å²) in [5.41, 5.74) is 1.31. The Morgan fingerprint density at radius 3 is 2.55 bits per heavy atom. The van der Waals surface area contributed by atoms with Crippen molar-refractivity contribution in [3.63, 3.8) is 0 Å². The van der Waals surface area contributed by atoms with Gasteiger partial charge in [0.2, 0.25) is 0 Å². The van der Waals surface area contributed by atoms with E-state index in [1.54, 1.807) is 23.0 Å². The van der Waals surface area contributed by atoms with E-state index < -0.39 is 35.6 Å². The molecule has 3 aromatic heterocycles. The highest BCUT2D eigenvalue weighted by Crippen LogP contribution is 2.36. The van der Waals surface area contributed by atoms with Crippen molar-refractivity contribution in [3.8, 4) is 11.5 Å². The Kier molecular flexibility index (Phi) is 12.2. The zero-order valence-corrected chi connectivity index (χ0v) is 33.3. The fourth-order valence-corrected chi connectivity index (χ4v) is 8.27. The molecule has 17 heteroatoms. The second-order valence-electron chi connectivity index (χ2n) is 15.7. The third kappa shape index (κ3) is 9.06. The van der Waals surface area contributed by atoms with E-state index in [1.165, 1.54) is 23.0 Å². The number of anilines is 2. The summed E-state index contributed by atoms with van der Waals surface area (Å²) in [5, 5.41) is 13.2. The minimum absolute atomic E-state index is 0.00983. The molecule has 0 atom stereocenters. The normalized spacial score (nSPS) is 18.3. The van der Waals surface area contributed by atoms with E-state index in [1.807, 2.05) is 30.3 Å². The number of nitrogens with one attached hydrogen (secondary N) is 2. The molecule has 0 spiro atoms. The van der Waals surface area contributed by atoms with Crippen LogP contribution in [-0.4, -0.2) is 99.2 Å². The van der Waals surface area contributed by atoms with Gasteiger partial charge >= 0.3 is 0 Å². The van der Waals surface area contributed by atoms with Crippen molar-refractivity contribution in [2.75, 3.05) is 56.7 Å². The number of carbonyl (C=O) groups is 4. The molecule has 2 N–H and O–H groups in total. The van der Waals surface area contributed by atoms with E-state index in [-0.39, 0.29) is 34.2 Å². The van der Waals surface area contributed by atoms with Gasteiger partial charge in [0.05, 0.1) is 36.7 Å². The number of fused-ring (bicyclic) bond motifs is 2. The van der Waals surface area contributed by atoms with Crippen molar-refractivity contribution in [3.05, 3.63) is 95.1 Å². The molecule has 15 nitrogen and oxygen atoms in total. The highest BCUT2D eigenvalue weighted by Gasteiger charge is 2.33. The first-order valence-corrected chi connectivity index (χ1v) is 20.4. The molecule has 5 heterocycles. The number of carbonyl (C=O) groups excluding carboxylic acids is 4. The number of ether oxygens (including phenoxy) is 2. The van der Waals surface area contributed by atoms with Crippen LogP contribution in [-0.2, 0) is 16.0 Å². The Morgan fingerprint density at radius 2 is 1.78 bits per heavy atom. The first-order valence-electron chi connectivity index (χ1n) is 20.4. The number of alkyl halides is 2. The van der Waals surface area contributed by atoms with E-state index in [2.05, 4.69) is 42.7 Å². The van der Waals surface area contributed by atoms with Crippen molar-refractivity contribution in [1.82, 2.24) is 34.6 Å². The maximum atomic E-state index is 14.2. The number of benzene rings is 2. The Bertz CT molecular complexity index is 2370. The molecule has 2 aliphatic heterocycles. The second-order valence-corrected chi connectivity index (χ2v) is 15.7. The molecule has 1 saturated heterocycles. The van der Waals surface area contributed by atoms with Gasteiger partial charge in [-0.1, -0.05) is 24.6 Å². The molecular formula is C43H47F2N9O6. The van der Waals surface area contributed by atoms with Crippen molar-refractivity contribution >= 4 is 40.7 Å². The Morgan fingerprint density at radius 1 is 1.00 bits per heavy atom. The molecule has 3 amide bonds. The lowest BCUT2D eigenvalue weighted by Gasteiger charge is -2.31. The molecule has 0 bridgehead atoms. The number of hydrogen-bond donors (Lipinski definition) is 2. The number of rotatable bonds is 15. The first-order chi connectivity index (χ1) is 29.1. The summed E-state index contributed by atoms with van der Waals surface area (Å²) in [4.78, 5) is 58.9. The Balaban J connectivity index is 0.767. The quantitative estimate of drug-likeness (QED) is 0.0695. The van der Waals surface area contributed by atoms with Crippen LogP contribution >= 0.6 is 0 Å². The fraction of sp³-hybridized carbons (Fsp3) is 0.419. The molecule has 5 aromatic rings. The lowest BCUT2D eigenvalue weighted by atomic mass is 9.86. The van der Waals surface area contributed by atoms with E-state index in [9.17, 15) is 28.0 Å². The van der Waals surface area contributed by atoms with Crippen LogP contribution in [0.2, 0.25) is 0 Å². The highest BCUT2D eigenvalue weighted by molar-refractivity contribution is 6.49. The summed E-state index contributed by atoms with van der Waals surface area (Å²) in [5.74, 6) is -1.01. The third-order valence-electron chi connectivity index (χ3n) is 11.5. The molecule has 0 unspecified atom stereocenters. The van der Waals surface area contributed by atoms with Gasteiger partial charge in [0.15, 0.2) is 11.3 Å². The number of nitrogens with zero attached hydrogens (tertiary/aromatic N) is 7. The summed E-state index contributed by atoms with van der Waals surface area (Å²) >= 11 is 0. The van der Waals surface area contributed by atoms with Gasteiger partial charge < -0.3 is 24.6 Å². The average molecular weight is 824 g/mol. The monoisotopic (exact) mass is 823 g/mol. The van der Waals surface area contributed by atoms with Crippen LogP contribution in [0.15, 0.2) is 67.1 Å². The van der Waals surface area contributed by atoms with E-state index in [0.717, 1.165) is 70.0 Å². The zero-order valence-electron chi connectivity index (χ0n) is 33.3. The summed E-state index contributed by atoms with van der Waals surface area (Å²) in [7, 11) is 2.15. The smallest absolute Gasteiger partial charge is 0.299 e. The summed E-state index contributed by atoms with van der Waals surface area (Å²) in [6.07, 6.45) is 9.40. The van der Waals surface area contributed by atoms with Gasteiger partial charge in [-0.15, -0.1) is 0 Å². The second kappa shape index (κ2) is 18.0. The number of morpholine rings is 1. The molecule has 3 aliphatic rings. The van der Waals surface area contributed by atoms with Gasteiger partial charge in [0, 0.05) is 37.6 Å². The van der Waals surface area contributed by atoms with Crippen LogP contribution in [0, 0.1) is 5.92 Å². The SMILES string of the molecule is CN(CCCCCc1ccc(Oc2cccc3c2C(=O)NC(=O)C3=O)cc1)C[C@H]1CC[C@H](n2cc(NC(=O)c3cnn4ccc(N5CCOCC5)nc34)c(C(F)F)n2)CC1. The van der Waals surface area contributed by atoms with Crippen molar-refractivity contribution in [1.29, 1.82) is 0 Å². The Labute approximate surface area is 345 Å².